The van der Waals surface area contributed by atoms with E-state index in [1.54, 1.807) is 6.20 Å². The smallest absolute Gasteiger partial charge is 0.319 e. The summed E-state index contributed by atoms with van der Waals surface area (Å²) >= 11 is 0. The number of carbonyl (C=O) groups excluding carboxylic acids is 2. The van der Waals surface area contributed by atoms with Crippen LogP contribution in [0.2, 0.25) is 0 Å². The molecule has 3 aromatic heterocycles. The maximum Gasteiger partial charge on any atom is 0.319 e. The number of hydrogen-bond acceptors (Lipinski definition) is 11. The van der Waals surface area contributed by atoms with Crippen LogP contribution in [0, 0.1) is 34.8 Å². The van der Waals surface area contributed by atoms with Gasteiger partial charge in [-0.3, -0.25) is 19.9 Å². The van der Waals surface area contributed by atoms with Crippen LogP contribution in [-0.4, -0.2) is 117 Å². The van der Waals surface area contributed by atoms with Crippen molar-refractivity contribution in [1.82, 2.24) is 40.0 Å². The molecule has 3 unspecified atom stereocenters. The summed E-state index contributed by atoms with van der Waals surface area (Å²) in [5, 5.41) is 19.3. The van der Waals surface area contributed by atoms with Crippen LogP contribution in [0.5, 0.6) is 11.8 Å². The van der Waals surface area contributed by atoms with Gasteiger partial charge in [0.05, 0.1) is 23.5 Å². The Kier molecular flexibility index (Phi) is 11.1. The lowest BCUT2D eigenvalue weighted by Gasteiger charge is -2.56. The molecule has 8 heterocycles. The molecule has 2 aliphatic carbocycles. The lowest BCUT2D eigenvalue weighted by Crippen LogP contribution is -2.56. The minimum atomic E-state index is -0.713. The summed E-state index contributed by atoms with van der Waals surface area (Å²) < 4.78 is 40.9. The van der Waals surface area contributed by atoms with E-state index in [4.69, 9.17) is 21.1 Å². The van der Waals surface area contributed by atoms with Gasteiger partial charge in [0.1, 0.15) is 28.6 Å². The van der Waals surface area contributed by atoms with Gasteiger partial charge in [0.2, 0.25) is 11.8 Å². The number of piperazine rings is 1. The molecule has 13 nitrogen and oxygen atoms in total. The minimum Gasteiger partial charge on any atom is -0.508 e. The number of carbonyl (C=O) groups is 2. The number of halogens is 2. The van der Waals surface area contributed by atoms with E-state index in [0.717, 1.165) is 101 Å². The normalized spacial score (nSPS) is 24.5. The van der Waals surface area contributed by atoms with Crippen molar-refractivity contribution >= 4 is 50.2 Å². The number of likely N-dealkylation sites (tertiary alicyclic amines) is 2. The summed E-state index contributed by atoms with van der Waals surface area (Å²) in [6.45, 7) is 7.25. The number of hydrogen-bond donors (Lipinski definition) is 3. The monoisotopic (exact) mass is 973 g/mol. The number of benzene rings is 3. The van der Waals surface area contributed by atoms with Gasteiger partial charge in [-0.05, 0) is 149 Å². The van der Waals surface area contributed by atoms with Gasteiger partial charge < -0.3 is 34.4 Å². The van der Waals surface area contributed by atoms with Crippen LogP contribution in [0.4, 0.5) is 14.6 Å². The number of terminal acetylenes is 1. The molecule has 72 heavy (non-hydrogen) atoms. The number of aromatic nitrogens is 4. The first-order valence-electron chi connectivity index (χ1n) is 26.2. The molecule has 13 rings (SSSR count). The van der Waals surface area contributed by atoms with Gasteiger partial charge in [-0.15, -0.1) is 6.42 Å². The van der Waals surface area contributed by atoms with Crippen LogP contribution in [0.25, 0.3) is 43.8 Å². The molecule has 2 amide bonds. The molecule has 5 aliphatic heterocycles. The maximum absolute atomic E-state index is 17.2. The van der Waals surface area contributed by atoms with E-state index in [9.17, 15) is 14.7 Å². The van der Waals surface area contributed by atoms with Crippen LogP contribution < -0.4 is 20.3 Å². The summed E-state index contributed by atoms with van der Waals surface area (Å²) in [4.78, 5) is 46.4. The topological polar surface area (TPSA) is 141 Å². The Balaban J connectivity index is 0.652. The number of pyridine rings is 1. The molecule has 3 N–H and O–H groups in total. The Morgan fingerprint density at radius 3 is 2.43 bits per heavy atom. The van der Waals surface area contributed by atoms with Crippen LogP contribution in [-0.2, 0) is 16.6 Å². The molecule has 1 spiro atoms. The Morgan fingerprint density at radius 2 is 1.69 bits per heavy atom. The zero-order valence-electron chi connectivity index (χ0n) is 40.9. The summed E-state index contributed by atoms with van der Waals surface area (Å²) in [6, 6.07) is 13.8. The number of fused-ring (bicyclic) bond motifs is 5. The first kappa shape index (κ1) is 45.6. The number of ether oxygens (including phenoxy) is 1. The zero-order valence-corrected chi connectivity index (χ0v) is 40.9. The SMILES string of the molecule is C#Cc1c(F)ccc2cc(O)cc(-c3ncc4c(N5CC6CCC(C5)N6)nc(OCC5(CN6CCC7(CC6)CC(N6CCC(c8ccc9c(C%10CCC(=O)NC%10=O)cn(C)c9c8)CC6)C7)CC5)nc4c3F)c12. The average Bonchev–Trinajstić information content (AvgIpc) is 3.95. The molecule has 3 aromatic carbocycles. The largest absolute Gasteiger partial charge is 0.508 e. The van der Waals surface area contributed by atoms with Gasteiger partial charge in [-0.1, -0.05) is 24.1 Å². The molecule has 3 atom stereocenters. The van der Waals surface area contributed by atoms with Crippen molar-refractivity contribution in [1.29, 1.82) is 0 Å². The molecular weight excluding hydrogens is 913 g/mol. The molecule has 7 aliphatic rings. The van der Waals surface area contributed by atoms with Crippen LogP contribution in [0.1, 0.15) is 106 Å². The fourth-order valence-corrected chi connectivity index (χ4v) is 13.8. The summed E-state index contributed by atoms with van der Waals surface area (Å²) in [5.74, 6) is 1.43. The second-order valence-corrected chi connectivity index (χ2v) is 22.6. The highest BCUT2D eigenvalue weighted by molar-refractivity contribution is 6.04. The molecule has 15 heteroatoms. The molecular formula is C57H61F2N9O4. The molecule has 0 radical (unpaired) electrons. The molecule has 7 fully saturated rings. The van der Waals surface area contributed by atoms with Crippen molar-refractivity contribution in [3.8, 4) is 35.4 Å². The van der Waals surface area contributed by atoms with Gasteiger partial charge >= 0.3 is 6.01 Å². The van der Waals surface area contributed by atoms with Crippen molar-refractivity contribution in [2.24, 2.45) is 17.9 Å². The molecule has 372 valence electrons. The zero-order chi connectivity index (χ0) is 49.0. The van der Waals surface area contributed by atoms with E-state index in [1.807, 2.05) is 0 Å². The number of amides is 2. The van der Waals surface area contributed by atoms with E-state index >= 15 is 8.78 Å². The molecule has 2 saturated carbocycles. The van der Waals surface area contributed by atoms with Crippen molar-refractivity contribution in [3.05, 3.63) is 83.2 Å². The number of imide groups is 1. The number of aromatic hydroxyl groups is 1. The predicted octanol–water partition coefficient (Wildman–Crippen LogP) is 8.05. The number of aryl methyl sites for hydroxylation is 1. The molecule has 5 saturated heterocycles. The number of piperidine rings is 3. The van der Waals surface area contributed by atoms with Crippen LogP contribution in [0.3, 0.4) is 0 Å². The fraction of sp³-hybridized carbons (Fsp3) is 0.491. The highest BCUT2D eigenvalue weighted by atomic mass is 19.1. The maximum atomic E-state index is 17.2. The highest BCUT2D eigenvalue weighted by Crippen LogP contribution is 2.54. The summed E-state index contributed by atoms with van der Waals surface area (Å²) in [7, 11) is 2.05. The highest BCUT2D eigenvalue weighted by Gasteiger charge is 2.51. The third kappa shape index (κ3) is 8.05. The van der Waals surface area contributed by atoms with E-state index in [-0.39, 0.29) is 57.2 Å². The average molecular weight is 974 g/mol. The lowest BCUT2D eigenvalue weighted by atomic mass is 9.59. The van der Waals surface area contributed by atoms with Gasteiger partial charge in [0.25, 0.3) is 0 Å². The molecule has 2 bridgehead atoms. The Morgan fingerprint density at radius 1 is 0.917 bits per heavy atom. The van der Waals surface area contributed by atoms with Crippen molar-refractivity contribution < 1.29 is 28.2 Å². The first-order chi connectivity index (χ1) is 34.9. The van der Waals surface area contributed by atoms with E-state index in [2.05, 4.69) is 72.2 Å². The van der Waals surface area contributed by atoms with E-state index < -0.39 is 11.6 Å². The van der Waals surface area contributed by atoms with Gasteiger partial charge in [0.15, 0.2) is 5.82 Å². The number of phenolic OH excluding ortho intramolecular Hbond substituents is 1. The Bertz CT molecular complexity index is 3220. The van der Waals surface area contributed by atoms with E-state index in [0.29, 0.717) is 70.9 Å². The number of anilines is 1. The number of nitrogens with zero attached hydrogens (tertiary/aromatic N) is 7. The number of nitrogens with one attached hydrogen (secondary N) is 2. The summed E-state index contributed by atoms with van der Waals surface area (Å²) in [5.41, 5.74) is 4.09. The van der Waals surface area contributed by atoms with Crippen LogP contribution >= 0.6 is 0 Å². The van der Waals surface area contributed by atoms with E-state index in [1.165, 1.54) is 55.5 Å². The standard InChI is InChI=1S/C57H61F2N9O4/c1-3-40-46(58)10-5-35-22-39(69)24-43(49(35)40)51-50(59)52-44(27-60-51)53(68-28-36-6-7-37(29-68)61-36)64-55(63-52)72-32-57(14-15-57)31-66-20-16-56(17-21-66)25-38(26-56)67-18-12-33(13-19-67)34-4-8-41-45(30-65(2)47(41)23-34)42-9-11-48(70)62-54(42)71/h1,4-5,8,10,22-24,27,30,33,36-38,42,61,69H,6-7,9,11-21,25-26,28-29,31-32H2,2H3,(H,62,70,71). The van der Waals surface area contributed by atoms with Crippen molar-refractivity contribution in [3.63, 3.8) is 0 Å². The summed E-state index contributed by atoms with van der Waals surface area (Å²) in [6.07, 6.45) is 21.9. The van der Waals surface area contributed by atoms with Crippen molar-refractivity contribution in [2.75, 3.05) is 57.3 Å². The van der Waals surface area contributed by atoms with Gasteiger partial charge in [-0.25, -0.2) is 8.78 Å². The molecule has 6 aromatic rings. The minimum absolute atomic E-state index is 0.0116. The first-order valence-corrected chi connectivity index (χ1v) is 26.2. The lowest BCUT2D eigenvalue weighted by molar-refractivity contribution is -0.134. The second-order valence-electron chi connectivity index (χ2n) is 22.6. The van der Waals surface area contributed by atoms with Crippen molar-refractivity contribution in [2.45, 2.75) is 107 Å². The number of phenols is 1. The second kappa shape index (κ2) is 17.5. The van der Waals surface area contributed by atoms with Gasteiger partial charge in [-0.2, -0.15) is 9.97 Å². The predicted molar refractivity (Wildman–Crippen MR) is 272 cm³/mol. The van der Waals surface area contributed by atoms with Crippen LogP contribution in [0.15, 0.2) is 54.9 Å². The fourth-order valence-electron chi connectivity index (χ4n) is 13.8. The number of rotatable bonds is 10. The third-order valence-electron chi connectivity index (χ3n) is 18.1. The Labute approximate surface area is 417 Å². The Hall–Kier alpha value is -6.21. The third-order valence-corrected chi connectivity index (χ3v) is 18.1. The van der Waals surface area contributed by atoms with Gasteiger partial charge in [0, 0.05) is 90.9 Å². The quantitative estimate of drug-likeness (QED) is 0.0908.